The number of carbonyl (C=O) groups excluding carboxylic acids is 1. The van der Waals surface area contributed by atoms with Crippen LogP contribution in [0, 0.1) is 0 Å². The van der Waals surface area contributed by atoms with Crippen LogP contribution in [0.4, 0.5) is 4.79 Å². The first-order chi connectivity index (χ1) is 7.31. The van der Waals surface area contributed by atoms with E-state index in [0.29, 0.717) is 12.8 Å². The van der Waals surface area contributed by atoms with Crippen molar-refractivity contribution in [3.63, 3.8) is 0 Å². The topological polar surface area (TPSA) is 66.8 Å². The van der Waals surface area contributed by atoms with Gasteiger partial charge < -0.3 is 9.84 Å². The highest BCUT2D eigenvalue weighted by Crippen LogP contribution is 2.19. The van der Waals surface area contributed by atoms with Crippen molar-refractivity contribution in [3.8, 4) is 0 Å². The van der Waals surface area contributed by atoms with Gasteiger partial charge >= 0.3 is 12.1 Å². The van der Waals surface area contributed by atoms with Crippen molar-refractivity contribution in [1.29, 1.82) is 0 Å². The van der Waals surface area contributed by atoms with Gasteiger partial charge in [-0.15, -0.1) is 0 Å². The molecule has 1 aliphatic heterocycles. The van der Waals surface area contributed by atoms with Crippen molar-refractivity contribution >= 4 is 12.1 Å². The molecule has 1 atom stereocenters. The summed E-state index contributed by atoms with van der Waals surface area (Å²) in [5, 5.41) is 8.97. The van der Waals surface area contributed by atoms with Gasteiger partial charge in [-0.05, 0) is 33.6 Å². The second kappa shape index (κ2) is 4.55. The molecule has 0 fully saturated rings. The fourth-order valence-electron chi connectivity index (χ4n) is 1.43. The first kappa shape index (κ1) is 12.5. The summed E-state index contributed by atoms with van der Waals surface area (Å²) >= 11 is 0. The van der Waals surface area contributed by atoms with Crippen LogP contribution in [0.3, 0.4) is 0 Å². The first-order valence-corrected chi connectivity index (χ1v) is 5.22. The normalized spacial score (nSPS) is 20.7. The van der Waals surface area contributed by atoms with Gasteiger partial charge in [0.25, 0.3) is 0 Å². The molecule has 0 aliphatic carbocycles. The molecule has 0 saturated carbocycles. The third-order valence-electron chi connectivity index (χ3n) is 2.10. The average molecular weight is 227 g/mol. The number of carboxylic acids is 1. The van der Waals surface area contributed by atoms with Crippen LogP contribution >= 0.6 is 0 Å². The van der Waals surface area contributed by atoms with Crippen LogP contribution in [0.15, 0.2) is 12.3 Å². The third-order valence-corrected chi connectivity index (χ3v) is 2.10. The summed E-state index contributed by atoms with van der Waals surface area (Å²) in [5.41, 5.74) is -0.620. The molecule has 0 spiro atoms. The molecule has 0 saturated heterocycles. The summed E-state index contributed by atoms with van der Waals surface area (Å²) in [5.74, 6) is -1.00. The molecule has 90 valence electrons. The Balaban J connectivity index is 2.76. The minimum absolute atomic E-state index is 0.422. The molecule has 1 amide bonds. The lowest BCUT2D eigenvalue weighted by Gasteiger charge is -2.30. The van der Waals surface area contributed by atoms with Crippen LogP contribution in [0.2, 0.25) is 0 Å². The maximum Gasteiger partial charge on any atom is 0.415 e. The SMILES string of the molecule is CC(C)(C)OC(=O)N1C=CCC[C@H]1C(=O)O. The lowest BCUT2D eigenvalue weighted by atomic mass is 10.1. The largest absolute Gasteiger partial charge is 0.480 e. The molecular formula is C11H17NO4. The van der Waals surface area contributed by atoms with Crippen LogP contribution in [0.25, 0.3) is 0 Å². The highest BCUT2D eigenvalue weighted by molar-refractivity contribution is 5.81. The number of amides is 1. The molecule has 5 heteroatoms. The summed E-state index contributed by atoms with van der Waals surface area (Å²) < 4.78 is 5.13. The van der Waals surface area contributed by atoms with Crippen LogP contribution in [-0.2, 0) is 9.53 Å². The summed E-state index contributed by atoms with van der Waals surface area (Å²) in [6, 6.07) is -0.820. The summed E-state index contributed by atoms with van der Waals surface area (Å²) in [6.07, 6.45) is 3.72. The van der Waals surface area contributed by atoms with Crippen molar-refractivity contribution in [1.82, 2.24) is 4.90 Å². The molecule has 16 heavy (non-hydrogen) atoms. The van der Waals surface area contributed by atoms with Crippen molar-refractivity contribution < 1.29 is 19.4 Å². The second-order valence-electron chi connectivity index (χ2n) is 4.70. The molecule has 0 aromatic carbocycles. The van der Waals surface area contributed by atoms with E-state index >= 15 is 0 Å². The van der Waals surface area contributed by atoms with Crippen LogP contribution < -0.4 is 0 Å². The van der Waals surface area contributed by atoms with Gasteiger partial charge in [-0.1, -0.05) is 6.08 Å². The van der Waals surface area contributed by atoms with E-state index in [1.807, 2.05) is 0 Å². The van der Waals surface area contributed by atoms with Gasteiger partial charge in [-0.2, -0.15) is 0 Å². The number of hydrogen-bond donors (Lipinski definition) is 1. The van der Waals surface area contributed by atoms with Gasteiger partial charge in [0.2, 0.25) is 0 Å². The third kappa shape index (κ3) is 3.25. The number of aliphatic carboxylic acids is 1. The lowest BCUT2D eigenvalue weighted by Crippen LogP contribution is -2.45. The van der Waals surface area contributed by atoms with Gasteiger partial charge in [-0.25, -0.2) is 9.59 Å². The fraction of sp³-hybridized carbons (Fsp3) is 0.636. The number of nitrogens with zero attached hydrogens (tertiary/aromatic N) is 1. The standard InChI is InChI=1S/C11H17NO4/c1-11(2,3)16-10(15)12-7-5-4-6-8(12)9(13)14/h5,7-8H,4,6H2,1-3H3,(H,13,14)/t8-/m0/s1. The van der Waals surface area contributed by atoms with E-state index in [2.05, 4.69) is 0 Å². The first-order valence-electron chi connectivity index (χ1n) is 5.22. The van der Waals surface area contributed by atoms with E-state index in [9.17, 15) is 9.59 Å². The molecule has 1 rings (SSSR count). The van der Waals surface area contributed by atoms with Gasteiger partial charge in [0.1, 0.15) is 11.6 Å². The van der Waals surface area contributed by atoms with Gasteiger partial charge in [0.05, 0.1) is 0 Å². The maximum absolute atomic E-state index is 11.7. The van der Waals surface area contributed by atoms with E-state index in [4.69, 9.17) is 9.84 Å². The molecule has 0 radical (unpaired) electrons. The maximum atomic E-state index is 11.7. The lowest BCUT2D eigenvalue weighted by molar-refractivity contribution is -0.142. The van der Waals surface area contributed by atoms with Gasteiger partial charge in [-0.3, -0.25) is 4.90 Å². The second-order valence-corrected chi connectivity index (χ2v) is 4.70. The van der Waals surface area contributed by atoms with Crippen LogP contribution in [0.1, 0.15) is 33.6 Å². The van der Waals surface area contributed by atoms with Gasteiger partial charge in [0, 0.05) is 6.20 Å². The van der Waals surface area contributed by atoms with Crippen molar-refractivity contribution in [2.45, 2.75) is 45.3 Å². The number of carbonyl (C=O) groups is 2. The Labute approximate surface area is 94.7 Å². The van der Waals surface area contributed by atoms with Crippen LogP contribution in [0.5, 0.6) is 0 Å². The molecular weight excluding hydrogens is 210 g/mol. The Bertz CT molecular complexity index is 316. The highest BCUT2D eigenvalue weighted by atomic mass is 16.6. The summed E-state index contributed by atoms with van der Waals surface area (Å²) in [6.45, 7) is 5.23. The number of rotatable bonds is 1. The molecule has 1 aliphatic rings. The molecule has 5 nitrogen and oxygen atoms in total. The Kier molecular flexibility index (Phi) is 3.57. The van der Waals surface area contributed by atoms with Crippen molar-refractivity contribution in [2.75, 3.05) is 0 Å². The predicted molar refractivity (Wildman–Crippen MR) is 57.9 cm³/mol. The van der Waals surface area contributed by atoms with E-state index in [-0.39, 0.29) is 0 Å². The Morgan fingerprint density at radius 3 is 2.56 bits per heavy atom. The average Bonchev–Trinajstić information content (AvgIpc) is 2.15. The summed E-state index contributed by atoms with van der Waals surface area (Å²) in [4.78, 5) is 23.8. The number of allylic oxidation sites excluding steroid dienone is 1. The number of hydrogen-bond acceptors (Lipinski definition) is 3. The predicted octanol–water partition coefficient (Wildman–Crippen LogP) is 1.98. The minimum Gasteiger partial charge on any atom is -0.480 e. The monoisotopic (exact) mass is 227 g/mol. The number of ether oxygens (including phenoxy) is 1. The van der Waals surface area contributed by atoms with E-state index < -0.39 is 23.7 Å². The zero-order chi connectivity index (χ0) is 12.3. The molecule has 1 heterocycles. The van der Waals surface area contributed by atoms with Gasteiger partial charge in [0.15, 0.2) is 0 Å². The zero-order valence-electron chi connectivity index (χ0n) is 9.77. The smallest absolute Gasteiger partial charge is 0.415 e. The quantitative estimate of drug-likeness (QED) is 0.743. The van der Waals surface area contributed by atoms with Crippen molar-refractivity contribution in [2.24, 2.45) is 0 Å². The van der Waals surface area contributed by atoms with E-state index in [1.54, 1.807) is 26.8 Å². The van der Waals surface area contributed by atoms with Crippen molar-refractivity contribution in [3.05, 3.63) is 12.3 Å². The minimum atomic E-state index is -1.00. The zero-order valence-corrected chi connectivity index (χ0v) is 9.77. The van der Waals surface area contributed by atoms with E-state index in [1.165, 1.54) is 6.20 Å². The Morgan fingerprint density at radius 1 is 1.44 bits per heavy atom. The summed E-state index contributed by atoms with van der Waals surface area (Å²) in [7, 11) is 0. The Morgan fingerprint density at radius 2 is 2.06 bits per heavy atom. The molecule has 0 aromatic rings. The van der Waals surface area contributed by atoms with E-state index in [0.717, 1.165) is 4.90 Å². The number of carboxylic acid groups (broad SMARTS) is 1. The molecule has 0 aromatic heterocycles. The molecule has 0 bridgehead atoms. The molecule has 0 unspecified atom stereocenters. The Hall–Kier alpha value is -1.52. The molecule has 1 N–H and O–H groups in total. The van der Waals surface area contributed by atoms with Crippen LogP contribution in [-0.4, -0.2) is 33.7 Å². The highest BCUT2D eigenvalue weighted by Gasteiger charge is 2.32. The fourth-order valence-corrected chi connectivity index (χ4v) is 1.43.